The Labute approximate surface area is 206 Å². The van der Waals surface area contributed by atoms with E-state index in [1.54, 1.807) is 30.3 Å². The number of rotatable bonds is 9. The van der Waals surface area contributed by atoms with Gasteiger partial charge in [-0.3, -0.25) is 9.59 Å². The van der Waals surface area contributed by atoms with E-state index in [-0.39, 0.29) is 17.6 Å². The lowest BCUT2D eigenvalue weighted by Gasteiger charge is -2.16. The van der Waals surface area contributed by atoms with E-state index in [4.69, 9.17) is 23.2 Å². The van der Waals surface area contributed by atoms with Crippen molar-refractivity contribution in [1.29, 1.82) is 0 Å². The number of nitrogens with one attached hydrogen (secondary N) is 2. The Morgan fingerprint density at radius 2 is 1.94 bits per heavy atom. The average Bonchev–Trinajstić information content (AvgIpc) is 3.18. The molecular weight excluding hydrogens is 481 g/mol. The third-order valence-corrected chi connectivity index (χ3v) is 6.42. The van der Waals surface area contributed by atoms with Crippen LogP contribution in [-0.4, -0.2) is 32.3 Å². The highest BCUT2D eigenvalue weighted by atomic mass is 35.5. The van der Waals surface area contributed by atoms with Crippen molar-refractivity contribution in [3.63, 3.8) is 0 Å². The van der Waals surface area contributed by atoms with Crippen LogP contribution >= 0.6 is 35.0 Å². The Morgan fingerprint density at radius 3 is 2.64 bits per heavy atom. The van der Waals surface area contributed by atoms with Gasteiger partial charge >= 0.3 is 0 Å². The summed E-state index contributed by atoms with van der Waals surface area (Å²) in [5, 5.41) is 15.5. The van der Waals surface area contributed by atoms with Crippen LogP contribution in [0.5, 0.6) is 0 Å². The number of aryl methyl sites for hydroxylation is 1. The van der Waals surface area contributed by atoms with Crippen molar-refractivity contribution in [2.45, 2.75) is 31.6 Å². The fraction of sp³-hybridized carbons (Fsp3) is 0.217. The number of benzene rings is 2. The lowest BCUT2D eigenvalue weighted by Crippen LogP contribution is -2.29. The van der Waals surface area contributed by atoms with Crippen molar-refractivity contribution >= 4 is 52.5 Å². The van der Waals surface area contributed by atoms with Crippen molar-refractivity contribution < 1.29 is 9.59 Å². The number of hydrogen-bond donors (Lipinski definition) is 2. The van der Waals surface area contributed by atoms with Crippen LogP contribution in [0, 0.1) is 6.92 Å². The molecule has 0 aliphatic heterocycles. The van der Waals surface area contributed by atoms with Crippen molar-refractivity contribution in [2.75, 3.05) is 11.1 Å². The van der Waals surface area contributed by atoms with E-state index in [1.165, 1.54) is 11.8 Å². The number of amides is 2. The summed E-state index contributed by atoms with van der Waals surface area (Å²) in [4.78, 5) is 25.1. The predicted octanol–water partition coefficient (Wildman–Crippen LogP) is 5.30. The quantitative estimate of drug-likeness (QED) is 0.305. The van der Waals surface area contributed by atoms with Gasteiger partial charge in [-0.2, -0.15) is 0 Å². The molecule has 3 rings (SSSR count). The van der Waals surface area contributed by atoms with Gasteiger partial charge in [-0.15, -0.1) is 16.8 Å². The molecule has 0 spiro atoms. The van der Waals surface area contributed by atoms with Crippen LogP contribution in [0.2, 0.25) is 10.0 Å². The van der Waals surface area contributed by atoms with Crippen molar-refractivity contribution in [3.05, 3.63) is 82.1 Å². The molecule has 172 valence electrons. The van der Waals surface area contributed by atoms with Gasteiger partial charge in [0.15, 0.2) is 11.0 Å². The van der Waals surface area contributed by atoms with E-state index in [1.807, 2.05) is 36.6 Å². The monoisotopic (exact) mass is 503 g/mol. The number of hydrogen-bond acceptors (Lipinski definition) is 5. The van der Waals surface area contributed by atoms with E-state index in [9.17, 15) is 9.59 Å². The number of carbonyl (C=O) groups is 2. The molecule has 2 amide bonds. The molecule has 0 radical (unpaired) electrons. The molecule has 10 heteroatoms. The van der Waals surface area contributed by atoms with Crippen molar-refractivity contribution in [1.82, 2.24) is 20.1 Å². The summed E-state index contributed by atoms with van der Waals surface area (Å²) in [6, 6.07) is 11.9. The minimum Gasteiger partial charge on any atom is -0.342 e. The first-order chi connectivity index (χ1) is 15.8. The van der Waals surface area contributed by atoms with E-state index in [2.05, 4.69) is 27.4 Å². The van der Waals surface area contributed by atoms with E-state index in [0.29, 0.717) is 38.8 Å². The molecule has 2 aromatic carbocycles. The summed E-state index contributed by atoms with van der Waals surface area (Å²) in [6.07, 6.45) is 1.71. The number of allylic oxidation sites excluding steroid dienone is 1. The van der Waals surface area contributed by atoms with E-state index in [0.717, 1.165) is 5.56 Å². The zero-order valence-electron chi connectivity index (χ0n) is 18.1. The number of nitrogens with zero attached hydrogens (tertiary/aromatic N) is 3. The largest absolute Gasteiger partial charge is 0.342 e. The molecule has 0 bridgehead atoms. The maximum absolute atomic E-state index is 12.7. The first-order valence-corrected chi connectivity index (χ1v) is 11.8. The molecule has 1 aromatic heterocycles. The second kappa shape index (κ2) is 11.4. The first-order valence-electron chi connectivity index (χ1n) is 10.1. The van der Waals surface area contributed by atoms with Crippen LogP contribution in [0.1, 0.15) is 34.7 Å². The Morgan fingerprint density at radius 1 is 1.18 bits per heavy atom. The van der Waals surface area contributed by atoms with Crippen LogP contribution in [-0.2, 0) is 11.3 Å². The highest BCUT2D eigenvalue weighted by molar-refractivity contribution is 7.99. The summed E-state index contributed by atoms with van der Waals surface area (Å²) < 4.78 is 1.83. The van der Waals surface area contributed by atoms with Gasteiger partial charge in [0, 0.05) is 17.8 Å². The lowest BCUT2D eigenvalue weighted by atomic mass is 10.1. The minimum absolute atomic E-state index is 0.111. The SMILES string of the molecule is C=CCn1c(SCC(=O)Nc2ccc(Cl)c(Cl)c2)nnc1[C@@H](C)NC(=O)c1ccccc1C. The maximum Gasteiger partial charge on any atom is 0.252 e. The van der Waals surface area contributed by atoms with Gasteiger partial charge in [0.1, 0.15) is 0 Å². The fourth-order valence-electron chi connectivity index (χ4n) is 3.10. The summed E-state index contributed by atoms with van der Waals surface area (Å²) in [5.74, 6) is 0.265. The summed E-state index contributed by atoms with van der Waals surface area (Å²) >= 11 is 13.1. The topological polar surface area (TPSA) is 88.9 Å². The van der Waals surface area contributed by atoms with Gasteiger partial charge in [0.2, 0.25) is 5.91 Å². The molecule has 0 saturated carbocycles. The van der Waals surface area contributed by atoms with E-state index >= 15 is 0 Å². The maximum atomic E-state index is 12.7. The van der Waals surface area contributed by atoms with Gasteiger partial charge in [0.05, 0.1) is 21.8 Å². The molecule has 33 heavy (non-hydrogen) atoms. The highest BCUT2D eigenvalue weighted by Gasteiger charge is 2.21. The number of aromatic nitrogens is 3. The zero-order valence-corrected chi connectivity index (χ0v) is 20.5. The summed E-state index contributed by atoms with van der Waals surface area (Å²) in [6.45, 7) is 7.95. The highest BCUT2D eigenvalue weighted by Crippen LogP contribution is 2.26. The third kappa shape index (κ3) is 6.37. The molecular formula is C23H23Cl2N5O2S. The van der Waals surface area contributed by atoms with Crippen molar-refractivity contribution in [2.24, 2.45) is 0 Å². The van der Waals surface area contributed by atoms with Crippen LogP contribution in [0.25, 0.3) is 0 Å². The molecule has 0 fully saturated rings. The van der Waals surface area contributed by atoms with Crippen molar-refractivity contribution in [3.8, 4) is 0 Å². The number of halogens is 2. The van der Waals surface area contributed by atoms with Gasteiger partial charge in [-0.25, -0.2) is 0 Å². The molecule has 1 heterocycles. The lowest BCUT2D eigenvalue weighted by molar-refractivity contribution is -0.113. The number of anilines is 1. The van der Waals surface area contributed by atoms with Gasteiger partial charge < -0.3 is 15.2 Å². The second-order valence-electron chi connectivity index (χ2n) is 7.22. The molecule has 2 N–H and O–H groups in total. The average molecular weight is 504 g/mol. The summed E-state index contributed by atoms with van der Waals surface area (Å²) in [7, 11) is 0. The molecule has 0 unspecified atom stereocenters. The van der Waals surface area contributed by atoms with Gasteiger partial charge in [0.25, 0.3) is 5.91 Å². The summed E-state index contributed by atoms with van der Waals surface area (Å²) in [5.41, 5.74) is 2.04. The minimum atomic E-state index is -0.399. The zero-order chi connectivity index (χ0) is 24.0. The number of carbonyl (C=O) groups excluding carboxylic acids is 2. The Hall–Kier alpha value is -2.81. The molecule has 0 saturated heterocycles. The molecule has 0 aliphatic rings. The van der Waals surface area contributed by atoms with Gasteiger partial charge in [-0.05, 0) is 43.7 Å². The Bertz CT molecular complexity index is 1180. The molecule has 0 aliphatic carbocycles. The smallest absolute Gasteiger partial charge is 0.252 e. The predicted molar refractivity (Wildman–Crippen MR) is 133 cm³/mol. The Kier molecular flexibility index (Phi) is 8.55. The van der Waals surface area contributed by atoms with Crippen LogP contribution in [0.4, 0.5) is 5.69 Å². The molecule has 7 nitrogen and oxygen atoms in total. The normalized spacial score (nSPS) is 11.6. The number of thioether (sulfide) groups is 1. The fourth-order valence-corrected chi connectivity index (χ4v) is 4.15. The van der Waals surface area contributed by atoms with Gasteiger partial charge in [-0.1, -0.05) is 59.2 Å². The van der Waals surface area contributed by atoms with E-state index < -0.39 is 6.04 Å². The molecule has 1 atom stereocenters. The van der Waals surface area contributed by atoms with Crippen LogP contribution in [0.3, 0.4) is 0 Å². The third-order valence-electron chi connectivity index (χ3n) is 4.72. The second-order valence-corrected chi connectivity index (χ2v) is 8.97. The standard InChI is InChI=1S/C23H23Cl2N5O2S/c1-4-11-30-21(15(3)26-22(32)17-8-6-5-7-14(17)2)28-29-23(30)33-13-20(31)27-16-9-10-18(24)19(25)12-16/h4-10,12,15H,1,11,13H2,2-3H3,(H,26,32)(H,27,31)/t15-/m1/s1. The van der Waals surface area contributed by atoms with Crippen LogP contribution in [0.15, 0.2) is 60.3 Å². The first kappa shape index (κ1) is 24.8. The molecule has 3 aromatic rings. The van der Waals surface area contributed by atoms with Crippen LogP contribution < -0.4 is 10.6 Å². The Balaban J connectivity index is 1.67.